The summed E-state index contributed by atoms with van der Waals surface area (Å²) >= 11 is 0. The largest absolute Gasteiger partial charge is 0.311 e. The van der Waals surface area contributed by atoms with Crippen LogP contribution in [0.5, 0.6) is 0 Å². The third kappa shape index (κ3) is 4.88. The Kier molecular flexibility index (Phi) is 4.28. The average molecular weight is 225 g/mol. The van der Waals surface area contributed by atoms with E-state index in [1.165, 1.54) is 0 Å². The molecular formula is C8H16FNO3S. The zero-order valence-corrected chi connectivity index (χ0v) is 8.76. The van der Waals surface area contributed by atoms with Crippen molar-refractivity contribution in [2.24, 2.45) is 0 Å². The number of halogens is 1. The number of hydrogen-bond acceptors (Lipinski definition) is 3. The molecule has 0 unspecified atom stereocenters. The smallest absolute Gasteiger partial charge is 0.267 e. The first-order chi connectivity index (χ1) is 6.47. The van der Waals surface area contributed by atoms with E-state index in [0.29, 0.717) is 6.04 Å². The molecule has 0 aliphatic heterocycles. The summed E-state index contributed by atoms with van der Waals surface area (Å²) in [7, 11) is -4.18. The first-order valence-corrected chi connectivity index (χ1v) is 6.41. The van der Waals surface area contributed by atoms with E-state index in [-0.39, 0.29) is 6.54 Å². The summed E-state index contributed by atoms with van der Waals surface area (Å²) in [6.07, 6.45) is 2.82. The van der Waals surface area contributed by atoms with Gasteiger partial charge in [-0.3, -0.25) is 4.55 Å². The molecule has 0 heterocycles. The van der Waals surface area contributed by atoms with Gasteiger partial charge in [-0.15, -0.1) is 0 Å². The standard InChI is InChI=1S/C8H16FNO3S/c9-7(6-14(11,12)13)5-10-8-3-1-2-4-8/h7-8,10H,1-6H2,(H,11,12,13)/t7-/m0/s1. The SMILES string of the molecule is O=S(=O)(O)C[C@@H](F)CNC1CCCC1. The maximum atomic E-state index is 13.0. The molecule has 0 radical (unpaired) electrons. The summed E-state index contributed by atoms with van der Waals surface area (Å²) in [5, 5.41) is 2.95. The monoisotopic (exact) mass is 225 g/mol. The van der Waals surface area contributed by atoms with Crippen molar-refractivity contribution in [3.8, 4) is 0 Å². The zero-order valence-electron chi connectivity index (χ0n) is 7.95. The Balaban J connectivity index is 2.17. The van der Waals surface area contributed by atoms with Crippen LogP contribution in [0.3, 0.4) is 0 Å². The van der Waals surface area contributed by atoms with Crippen LogP contribution in [0.1, 0.15) is 25.7 Å². The second-order valence-corrected chi connectivity index (χ2v) is 5.23. The predicted octanol–water partition coefficient (Wildman–Crippen LogP) is 0.744. The first-order valence-electron chi connectivity index (χ1n) is 4.80. The first kappa shape index (κ1) is 11.9. The van der Waals surface area contributed by atoms with E-state index < -0.39 is 22.0 Å². The normalized spacial score (nSPS) is 21.3. The second-order valence-electron chi connectivity index (χ2n) is 3.74. The van der Waals surface area contributed by atoms with Gasteiger partial charge in [0, 0.05) is 12.6 Å². The minimum atomic E-state index is -4.18. The van der Waals surface area contributed by atoms with Crippen LogP contribution in [0.15, 0.2) is 0 Å². The molecule has 6 heteroatoms. The quantitative estimate of drug-likeness (QED) is 0.677. The fourth-order valence-corrected chi connectivity index (χ4v) is 2.29. The van der Waals surface area contributed by atoms with Crippen molar-refractivity contribution in [1.29, 1.82) is 0 Å². The third-order valence-corrected chi connectivity index (χ3v) is 3.16. The van der Waals surface area contributed by atoms with Gasteiger partial charge in [0.2, 0.25) is 0 Å². The number of hydrogen-bond donors (Lipinski definition) is 2. The van der Waals surface area contributed by atoms with Gasteiger partial charge in [0.1, 0.15) is 11.9 Å². The highest BCUT2D eigenvalue weighted by molar-refractivity contribution is 7.85. The van der Waals surface area contributed by atoms with Crippen LogP contribution >= 0.6 is 0 Å². The summed E-state index contributed by atoms with van der Waals surface area (Å²) < 4.78 is 42.0. The Labute approximate surface area is 83.6 Å². The zero-order chi connectivity index (χ0) is 10.6. The Hall–Kier alpha value is -0.200. The van der Waals surface area contributed by atoms with Gasteiger partial charge in [-0.05, 0) is 12.8 Å². The molecule has 0 saturated heterocycles. The van der Waals surface area contributed by atoms with Crippen LogP contribution in [0.4, 0.5) is 4.39 Å². The van der Waals surface area contributed by atoms with Crippen molar-refractivity contribution < 1.29 is 17.4 Å². The topological polar surface area (TPSA) is 66.4 Å². The molecule has 0 aromatic heterocycles. The van der Waals surface area contributed by atoms with Gasteiger partial charge in [-0.1, -0.05) is 12.8 Å². The fourth-order valence-electron chi connectivity index (χ4n) is 1.71. The van der Waals surface area contributed by atoms with Crippen LogP contribution in [0.25, 0.3) is 0 Å². The molecule has 14 heavy (non-hydrogen) atoms. The lowest BCUT2D eigenvalue weighted by atomic mass is 10.2. The Morgan fingerprint density at radius 3 is 2.50 bits per heavy atom. The van der Waals surface area contributed by atoms with E-state index in [1.54, 1.807) is 0 Å². The van der Waals surface area contributed by atoms with Gasteiger partial charge in [-0.2, -0.15) is 8.42 Å². The molecule has 1 aliphatic carbocycles. The van der Waals surface area contributed by atoms with Crippen LogP contribution < -0.4 is 5.32 Å². The van der Waals surface area contributed by atoms with Gasteiger partial charge < -0.3 is 5.32 Å². The Bertz CT molecular complexity index is 262. The molecule has 4 nitrogen and oxygen atoms in total. The molecule has 1 fully saturated rings. The minimum absolute atomic E-state index is 0.00442. The van der Waals surface area contributed by atoms with E-state index in [2.05, 4.69) is 5.32 Å². The predicted molar refractivity (Wildman–Crippen MR) is 51.6 cm³/mol. The maximum Gasteiger partial charge on any atom is 0.267 e. The highest BCUT2D eigenvalue weighted by Gasteiger charge is 2.19. The van der Waals surface area contributed by atoms with Crippen LogP contribution in [0.2, 0.25) is 0 Å². The molecule has 0 aromatic rings. The number of rotatable bonds is 5. The molecule has 1 aliphatic rings. The molecule has 2 N–H and O–H groups in total. The molecular weight excluding hydrogens is 209 g/mol. The number of nitrogens with one attached hydrogen (secondary N) is 1. The molecule has 1 atom stereocenters. The van der Waals surface area contributed by atoms with Crippen LogP contribution in [-0.4, -0.2) is 37.5 Å². The van der Waals surface area contributed by atoms with Crippen molar-refractivity contribution in [3.63, 3.8) is 0 Å². The second kappa shape index (κ2) is 5.04. The van der Waals surface area contributed by atoms with Gasteiger partial charge in [0.15, 0.2) is 0 Å². The van der Waals surface area contributed by atoms with Gasteiger partial charge in [0.05, 0.1) is 0 Å². The van der Waals surface area contributed by atoms with Crippen molar-refractivity contribution >= 4 is 10.1 Å². The molecule has 1 rings (SSSR count). The Morgan fingerprint density at radius 1 is 1.43 bits per heavy atom. The molecule has 0 amide bonds. The molecule has 0 bridgehead atoms. The molecule has 1 saturated carbocycles. The van der Waals surface area contributed by atoms with Crippen molar-refractivity contribution in [2.45, 2.75) is 37.9 Å². The lowest BCUT2D eigenvalue weighted by Gasteiger charge is -2.13. The van der Waals surface area contributed by atoms with Gasteiger partial charge in [0.25, 0.3) is 10.1 Å². The third-order valence-electron chi connectivity index (χ3n) is 2.37. The van der Waals surface area contributed by atoms with Crippen LogP contribution in [-0.2, 0) is 10.1 Å². The lowest BCUT2D eigenvalue weighted by molar-refractivity contribution is 0.323. The number of alkyl halides is 1. The van der Waals surface area contributed by atoms with E-state index in [9.17, 15) is 12.8 Å². The highest BCUT2D eigenvalue weighted by Crippen LogP contribution is 2.17. The van der Waals surface area contributed by atoms with E-state index in [1.807, 2.05) is 0 Å². The van der Waals surface area contributed by atoms with Crippen LogP contribution in [0, 0.1) is 0 Å². The molecule has 0 aromatic carbocycles. The molecule has 84 valence electrons. The fraction of sp³-hybridized carbons (Fsp3) is 1.00. The minimum Gasteiger partial charge on any atom is -0.311 e. The van der Waals surface area contributed by atoms with E-state index >= 15 is 0 Å². The summed E-state index contributed by atoms with van der Waals surface area (Å²) in [4.78, 5) is 0. The Morgan fingerprint density at radius 2 is 2.00 bits per heavy atom. The summed E-state index contributed by atoms with van der Waals surface area (Å²) in [6, 6.07) is 0.314. The lowest BCUT2D eigenvalue weighted by Crippen LogP contribution is -2.35. The van der Waals surface area contributed by atoms with Gasteiger partial charge in [-0.25, -0.2) is 4.39 Å². The highest BCUT2D eigenvalue weighted by atomic mass is 32.2. The van der Waals surface area contributed by atoms with Crippen molar-refractivity contribution in [1.82, 2.24) is 5.32 Å². The van der Waals surface area contributed by atoms with E-state index in [0.717, 1.165) is 25.7 Å². The summed E-state index contributed by atoms with van der Waals surface area (Å²) in [6.45, 7) is 0.00442. The van der Waals surface area contributed by atoms with Crippen molar-refractivity contribution in [3.05, 3.63) is 0 Å². The average Bonchev–Trinajstić information content (AvgIpc) is 2.49. The maximum absolute atomic E-state index is 13.0. The van der Waals surface area contributed by atoms with E-state index in [4.69, 9.17) is 4.55 Å². The van der Waals surface area contributed by atoms with Crippen molar-refractivity contribution in [2.75, 3.05) is 12.3 Å². The summed E-state index contributed by atoms with van der Waals surface area (Å²) in [5.74, 6) is -0.813. The molecule has 0 spiro atoms. The summed E-state index contributed by atoms with van der Waals surface area (Å²) in [5.41, 5.74) is 0. The van der Waals surface area contributed by atoms with Gasteiger partial charge >= 0.3 is 0 Å².